The summed E-state index contributed by atoms with van der Waals surface area (Å²) < 4.78 is 61.7. The summed E-state index contributed by atoms with van der Waals surface area (Å²) in [4.78, 5) is 21.9. The maximum Gasteiger partial charge on any atom is 0.258 e. The first-order valence-electron chi connectivity index (χ1n) is 23.7. The highest BCUT2D eigenvalue weighted by molar-refractivity contribution is 5.79. The Hall–Kier alpha value is -7.61. The average Bonchev–Trinajstić information content (AvgIpc) is 3.39. The van der Waals surface area contributed by atoms with Gasteiger partial charge in [0.2, 0.25) is 0 Å². The summed E-state index contributed by atoms with van der Waals surface area (Å²) >= 11 is 0. The molecule has 0 unspecified atom stereocenters. The number of aromatic nitrogens is 1. The van der Waals surface area contributed by atoms with E-state index in [9.17, 15) is 4.79 Å². The van der Waals surface area contributed by atoms with Crippen LogP contribution < -0.4 is 52.7 Å². The van der Waals surface area contributed by atoms with Crippen LogP contribution in [-0.2, 0) is 36.9 Å². The lowest BCUT2D eigenvalue weighted by Gasteiger charge is -2.21. The Labute approximate surface area is 417 Å². The lowest BCUT2D eigenvalue weighted by atomic mass is 9.94. The fourth-order valence-electron chi connectivity index (χ4n) is 8.82. The molecule has 10 aliphatic rings. The number of hydrogen-bond donors (Lipinski definition) is 1. The Morgan fingerprint density at radius 2 is 0.859 bits per heavy atom. The van der Waals surface area contributed by atoms with Crippen LogP contribution >= 0.6 is 0 Å². The molecule has 6 aromatic rings. The molecule has 10 bridgehead atoms. The first-order valence-corrected chi connectivity index (χ1v) is 23.7. The number of carbonyl (C=O) groups is 1. The molecular formula is C57H65N3O11. The average molecular weight is 968 g/mol. The first-order chi connectivity index (χ1) is 34.6. The number of rotatable bonds is 19. The van der Waals surface area contributed by atoms with E-state index in [1.807, 2.05) is 72.8 Å². The normalized spacial score (nSPS) is 12.1. The van der Waals surface area contributed by atoms with Gasteiger partial charge in [0.1, 0.15) is 57.5 Å². The third-order valence-electron chi connectivity index (χ3n) is 12.5. The Morgan fingerprint density at radius 3 is 1.18 bits per heavy atom. The van der Waals surface area contributed by atoms with Crippen molar-refractivity contribution in [2.75, 3.05) is 83.2 Å². The summed E-state index contributed by atoms with van der Waals surface area (Å²) in [7, 11) is 13.3. The Morgan fingerprint density at radius 1 is 0.521 bits per heavy atom. The van der Waals surface area contributed by atoms with Crippen molar-refractivity contribution in [1.82, 2.24) is 10.3 Å². The van der Waals surface area contributed by atoms with E-state index in [0.717, 1.165) is 74.0 Å². The molecule has 1 aromatic heterocycles. The molecule has 1 N–H and O–H groups in total. The number of ether oxygens (including phenoxy) is 10. The molecule has 0 spiro atoms. The zero-order valence-electron chi connectivity index (χ0n) is 42.3. The number of methoxy groups -OCH3 is 8. The van der Waals surface area contributed by atoms with Crippen molar-refractivity contribution in [3.8, 4) is 57.5 Å². The minimum atomic E-state index is -0.290. The number of carbonyl (C=O) groups excluding carboxylic acids is 1. The number of nitrogens with one attached hydrogen (secondary N) is 1. The van der Waals surface area contributed by atoms with Gasteiger partial charge in [0, 0.05) is 118 Å². The van der Waals surface area contributed by atoms with Crippen LogP contribution in [0.15, 0.2) is 90.2 Å². The van der Waals surface area contributed by atoms with Crippen LogP contribution in [0.5, 0.6) is 57.5 Å². The van der Waals surface area contributed by atoms with E-state index >= 15 is 0 Å². The van der Waals surface area contributed by atoms with Gasteiger partial charge in [0.15, 0.2) is 6.61 Å². The molecule has 71 heavy (non-hydrogen) atoms. The van der Waals surface area contributed by atoms with Crippen molar-refractivity contribution in [1.29, 1.82) is 0 Å². The van der Waals surface area contributed by atoms with Gasteiger partial charge in [-0.2, -0.15) is 0 Å². The number of nitrogens with zero attached hydrogens (tertiary/aromatic N) is 2. The summed E-state index contributed by atoms with van der Waals surface area (Å²) in [5.74, 6) is 6.27. The Balaban J connectivity index is 1.37. The summed E-state index contributed by atoms with van der Waals surface area (Å²) in [5, 5.41) is 2.94. The second-order valence-corrected chi connectivity index (χ2v) is 17.0. The molecule has 14 nitrogen and oxygen atoms in total. The third-order valence-corrected chi connectivity index (χ3v) is 12.5. The fourth-order valence-corrected chi connectivity index (χ4v) is 8.82. The van der Waals surface area contributed by atoms with Crippen molar-refractivity contribution < 1.29 is 52.2 Å². The van der Waals surface area contributed by atoms with E-state index in [2.05, 4.69) is 22.2 Å². The smallest absolute Gasteiger partial charge is 0.258 e. The molecule has 0 aliphatic heterocycles. The minimum absolute atomic E-state index is 0.237. The maximum atomic E-state index is 13.4. The summed E-state index contributed by atoms with van der Waals surface area (Å²) in [6.07, 6.45) is 9.09. The molecule has 0 atom stereocenters. The van der Waals surface area contributed by atoms with E-state index in [4.69, 9.17) is 47.4 Å². The second-order valence-electron chi connectivity index (χ2n) is 17.0. The second kappa shape index (κ2) is 24.8. The van der Waals surface area contributed by atoms with Gasteiger partial charge < -0.3 is 52.7 Å². The predicted octanol–water partition coefficient (Wildman–Crippen LogP) is 9.21. The standard InChI is InChI=1S/C57H65N3O11/c1-10-11-17-70-55-31-46-22-44-30-52(67-7)42(28-54(44)69-9)20-40-26-48(63-3)38(24-50(40)65-5)18-37-23-49(64-4)39(25-47(37)62-2)19-41-27-53(68-8)43(29-51(41)66-6)21-45(55)32-56(46)71-35-57(61)60-16-15-59-34-36-13-12-14-58-33-36/h12-14,23-34H,10-11,15-22,35H2,1-9H3,(H,60,61). The zero-order chi connectivity index (χ0) is 50.3. The highest BCUT2D eigenvalue weighted by atomic mass is 16.5. The van der Waals surface area contributed by atoms with Gasteiger partial charge in [-0.3, -0.25) is 14.8 Å². The molecule has 1 amide bonds. The molecule has 374 valence electrons. The molecule has 16 rings (SSSR count). The number of benzene rings is 5. The van der Waals surface area contributed by atoms with E-state index < -0.39 is 0 Å². The molecule has 1 heterocycles. The molecule has 0 radical (unpaired) electrons. The van der Waals surface area contributed by atoms with Gasteiger partial charge in [-0.15, -0.1) is 0 Å². The number of hydrogen-bond acceptors (Lipinski definition) is 13. The quantitative estimate of drug-likeness (QED) is 0.0609. The number of unbranched alkanes of at least 4 members (excludes halogenated alkanes) is 1. The minimum Gasteiger partial charge on any atom is -0.496 e. The van der Waals surface area contributed by atoms with Crippen LogP contribution in [0.3, 0.4) is 0 Å². The highest BCUT2D eigenvalue weighted by Gasteiger charge is 2.24. The molecular weight excluding hydrogens is 903 g/mol. The van der Waals surface area contributed by atoms with E-state index in [0.29, 0.717) is 109 Å². The lowest BCUT2D eigenvalue weighted by molar-refractivity contribution is -0.123. The largest absolute Gasteiger partial charge is 0.496 e. The summed E-state index contributed by atoms with van der Waals surface area (Å²) in [6, 6.07) is 23.8. The van der Waals surface area contributed by atoms with Crippen molar-refractivity contribution >= 4 is 12.1 Å². The van der Waals surface area contributed by atoms with Crippen molar-refractivity contribution in [2.24, 2.45) is 4.99 Å². The molecule has 5 aromatic carbocycles. The number of aliphatic imine (C=N–C) groups is 1. The van der Waals surface area contributed by atoms with Gasteiger partial charge in [-0.1, -0.05) is 19.4 Å². The predicted molar refractivity (Wildman–Crippen MR) is 274 cm³/mol. The van der Waals surface area contributed by atoms with Gasteiger partial charge in [-0.25, -0.2) is 0 Å². The van der Waals surface area contributed by atoms with E-state index in [1.165, 1.54) is 0 Å². The third kappa shape index (κ3) is 12.6. The first kappa shape index (κ1) is 51.2. The van der Waals surface area contributed by atoms with Gasteiger partial charge in [0.05, 0.1) is 70.0 Å². The topological polar surface area (TPSA) is 147 Å². The van der Waals surface area contributed by atoms with Crippen LogP contribution in [0.1, 0.15) is 81.0 Å². The SMILES string of the molecule is CCCCOc1cc2c(OCC(=O)NCCN=Cc3cccnc3)cc1Cc1cc(OC)c(cc1OC)Cc1cc(OC)c(cc1OC)Cc1cc(OC)c(cc1OC)Cc1cc(OC)c(cc1OC)C2. The lowest BCUT2D eigenvalue weighted by Crippen LogP contribution is -2.31. The summed E-state index contributed by atoms with van der Waals surface area (Å²) in [5.41, 5.74) is 9.55. The van der Waals surface area contributed by atoms with Crippen LogP contribution in [0.4, 0.5) is 0 Å². The Kier molecular flexibility index (Phi) is 17.9. The van der Waals surface area contributed by atoms with Gasteiger partial charge >= 0.3 is 0 Å². The molecule has 0 fully saturated rings. The van der Waals surface area contributed by atoms with Crippen molar-refractivity contribution in [2.45, 2.75) is 51.9 Å². The fraction of sp³-hybridized carbons (Fsp3) is 0.351. The van der Waals surface area contributed by atoms with Crippen LogP contribution in [0, 0.1) is 0 Å². The zero-order valence-corrected chi connectivity index (χ0v) is 42.3. The van der Waals surface area contributed by atoms with Crippen LogP contribution in [-0.4, -0.2) is 100 Å². The monoisotopic (exact) mass is 967 g/mol. The molecule has 0 saturated carbocycles. The maximum absolute atomic E-state index is 13.4. The summed E-state index contributed by atoms with van der Waals surface area (Å²) in [6.45, 7) is 3.11. The number of pyridine rings is 1. The van der Waals surface area contributed by atoms with Crippen molar-refractivity contribution in [3.05, 3.63) is 146 Å². The van der Waals surface area contributed by atoms with Crippen LogP contribution in [0.2, 0.25) is 0 Å². The van der Waals surface area contributed by atoms with Gasteiger partial charge in [0.25, 0.3) is 5.91 Å². The molecule has 0 saturated heterocycles. The van der Waals surface area contributed by atoms with Gasteiger partial charge in [-0.05, 0) is 73.2 Å². The highest BCUT2D eigenvalue weighted by Crippen LogP contribution is 2.42. The molecule has 10 aliphatic carbocycles. The van der Waals surface area contributed by atoms with E-state index in [-0.39, 0.29) is 12.5 Å². The Bertz CT molecular complexity index is 2810. The number of amides is 1. The van der Waals surface area contributed by atoms with Crippen molar-refractivity contribution in [3.63, 3.8) is 0 Å². The van der Waals surface area contributed by atoms with Crippen LogP contribution in [0.25, 0.3) is 0 Å². The van der Waals surface area contributed by atoms with E-state index in [1.54, 1.807) is 75.5 Å². The molecule has 14 heteroatoms.